The van der Waals surface area contributed by atoms with Gasteiger partial charge in [-0.2, -0.15) is 0 Å². The molecule has 1 atom stereocenters. The maximum absolute atomic E-state index is 13.1. The lowest BCUT2D eigenvalue weighted by atomic mass is 10.1. The summed E-state index contributed by atoms with van der Waals surface area (Å²) in [4.78, 5) is 24.2. The summed E-state index contributed by atoms with van der Waals surface area (Å²) in [6.07, 6.45) is 0.113. The summed E-state index contributed by atoms with van der Waals surface area (Å²) in [5, 5.41) is 13.3. The van der Waals surface area contributed by atoms with Gasteiger partial charge >= 0.3 is 5.97 Å². The van der Waals surface area contributed by atoms with Crippen molar-refractivity contribution < 1.29 is 19.4 Å². The minimum absolute atomic E-state index is 0.113. The molecular weight excluding hydrogens is 452 g/mol. The molecule has 2 N–H and O–H groups in total. The third-order valence-electron chi connectivity index (χ3n) is 6.54. The number of carboxylic acid groups (broad SMARTS) is 1. The fourth-order valence-corrected chi connectivity index (χ4v) is 4.40. The first-order valence-corrected chi connectivity index (χ1v) is 12.1. The number of fused-ring (bicyclic) bond motifs is 1. The fourth-order valence-electron chi connectivity index (χ4n) is 4.40. The van der Waals surface area contributed by atoms with Crippen LogP contribution >= 0.6 is 0 Å². The predicted octanol–water partition coefficient (Wildman–Crippen LogP) is 6.28. The summed E-state index contributed by atoms with van der Waals surface area (Å²) >= 11 is 0. The molecule has 0 saturated heterocycles. The van der Waals surface area contributed by atoms with Crippen molar-refractivity contribution in [3.8, 4) is 5.75 Å². The van der Waals surface area contributed by atoms with Crippen LogP contribution in [0.4, 0.5) is 0 Å². The molecule has 1 aromatic heterocycles. The molecule has 6 heteroatoms. The van der Waals surface area contributed by atoms with Crippen LogP contribution in [0, 0.1) is 13.8 Å². The quantitative estimate of drug-likeness (QED) is 0.308. The molecule has 3 aromatic carbocycles. The molecule has 36 heavy (non-hydrogen) atoms. The Hall–Kier alpha value is -4.06. The largest absolute Gasteiger partial charge is 0.491 e. The Morgan fingerprint density at radius 1 is 0.917 bits per heavy atom. The molecule has 1 unspecified atom stereocenters. The van der Waals surface area contributed by atoms with Crippen molar-refractivity contribution in [3.63, 3.8) is 0 Å². The molecule has 4 aromatic rings. The van der Waals surface area contributed by atoms with E-state index in [9.17, 15) is 9.59 Å². The van der Waals surface area contributed by atoms with Crippen LogP contribution in [0.2, 0.25) is 0 Å². The van der Waals surface area contributed by atoms with Gasteiger partial charge in [-0.15, -0.1) is 0 Å². The minimum Gasteiger partial charge on any atom is -0.491 e. The number of aromatic nitrogens is 1. The molecule has 0 fully saturated rings. The van der Waals surface area contributed by atoms with Gasteiger partial charge in [0.05, 0.1) is 17.7 Å². The number of nitrogens with one attached hydrogen (secondary N) is 1. The summed E-state index contributed by atoms with van der Waals surface area (Å²) in [6.45, 7) is 10.7. The number of aromatic carboxylic acids is 1. The van der Waals surface area contributed by atoms with Gasteiger partial charge in [-0.3, -0.25) is 4.79 Å². The first-order valence-electron chi connectivity index (χ1n) is 12.1. The van der Waals surface area contributed by atoms with E-state index in [1.165, 1.54) is 0 Å². The van der Waals surface area contributed by atoms with Gasteiger partial charge in [0.25, 0.3) is 5.91 Å². The van der Waals surface area contributed by atoms with Crippen molar-refractivity contribution in [2.45, 2.75) is 53.3 Å². The van der Waals surface area contributed by atoms with E-state index in [2.05, 4.69) is 23.7 Å². The van der Waals surface area contributed by atoms with E-state index in [4.69, 9.17) is 9.84 Å². The molecule has 1 heterocycles. The van der Waals surface area contributed by atoms with Crippen molar-refractivity contribution in [3.05, 3.63) is 100 Å². The van der Waals surface area contributed by atoms with E-state index in [0.29, 0.717) is 12.1 Å². The van der Waals surface area contributed by atoms with Crippen LogP contribution in [0.5, 0.6) is 5.75 Å². The molecule has 0 aliphatic carbocycles. The van der Waals surface area contributed by atoms with E-state index in [-0.39, 0.29) is 23.6 Å². The summed E-state index contributed by atoms with van der Waals surface area (Å²) in [5.41, 5.74) is 6.18. The van der Waals surface area contributed by atoms with Crippen LogP contribution in [-0.4, -0.2) is 27.7 Å². The number of aryl methyl sites for hydroxylation is 1. The molecule has 0 aliphatic heterocycles. The first-order chi connectivity index (χ1) is 17.1. The summed E-state index contributed by atoms with van der Waals surface area (Å²) in [5.74, 6) is -0.246. The maximum Gasteiger partial charge on any atom is 0.335 e. The number of rotatable bonds is 8. The lowest BCUT2D eigenvalue weighted by Crippen LogP contribution is -2.26. The Labute approximate surface area is 211 Å². The second-order valence-electron chi connectivity index (χ2n) is 9.46. The number of hydrogen-bond donors (Lipinski definition) is 2. The third-order valence-corrected chi connectivity index (χ3v) is 6.54. The molecule has 0 radical (unpaired) electrons. The lowest BCUT2D eigenvalue weighted by molar-refractivity contribution is 0.0696. The molecular formula is C30H32N2O4. The molecule has 186 valence electrons. The Morgan fingerprint density at radius 3 is 2.17 bits per heavy atom. The molecule has 4 rings (SSSR count). The summed E-state index contributed by atoms with van der Waals surface area (Å²) in [6, 6.07) is 20.4. The first kappa shape index (κ1) is 25.0. The number of hydrogen-bond acceptors (Lipinski definition) is 3. The highest BCUT2D eigenvalue weighted by molar-refractivity contribution is 5.99. The second-order valence-corrected chi connectivity index (χ2v) is 9.46. The van der Waals surface area contributed by atoms with Crippen LogP contribution in [0.15, 0.2) is 66.7 Å². The number of amides is 1. The predicted molar refractivity (Wildman–Crippen MR) is 142 cm³/mol. The standard InChI is InChI=1S/C30H32N2O4/c1-18(2)36-26-13-10-23(11-14-26)20(4)31-29(33)25-12-15-28-27(16-25)19(3)21(5)32(28)17-22-6-8-24(9-7-22)30(34)35/h6-16,18,20H,17H2,1-5H3,(H,31,33)(H,34,35). The molecule has 1 amide bonds. The normalized spacial score (nSPS) is 12.1. The average Bonchev–Trinajstić information content (AvgIpc) is 3.08. The topological polar surface area (TPSA) is 80.6 Å². The van der Waals surface area contributed by atoms with Gasteiger partial charge in [-0.25, -0.2) is 4.79 Å². The van der Waals surface area contributed by atoms with Crippen LogP contribution in [0.25, 0.3) is 10.9 Å². The van der Waals surface area contributed by atoms with Crippen LogP contribution in [0.1, 0.15) is 69.9 Å². The smallest absolute Gasteiger partial charge is 0.335 e. The van der Waals surface area contributed by atoms with Crippen molar-refractivity contribution in [1.82, 2.24) is 9.88 Å². The van der Waals surface area contributed by atoms with E-state index in [0.717, 1.165) is 39.0 Å². The van der Waals surface area contributed by atoms with Gasteiger partial charge in [0.1, 0.15) is 5.75 Å². The highest BCUT2D eigenvalue weighted by atomic mass is 16.5. The van der Waals surface area contributed by atoms with Crippen LogP contribution < -0.4 is 10.1 Å². The van der Waals surface area contributed by atoms with Crippen LogP contribution in [-0.2, 0) is 6.54 Å². The van der Waals surface area contributed by atoms with Crippen molar-refractivity contribution in [2.24, 2.45) is 0 Å². The number of carbonyl (C=O) groups is 2. The Morgan fingerprint density at radius 2 is 1.56 bits per heavy atom. The van der Waals surface area contributed by atoms with Crippen molar-refractivity contribution in [1.29, 1.82) is 0 Å². The van der Waals surface area contributed by atoms with Gasteiger partial charge < -0.3 is 19.7 Å². The monoisotopic (exact) mass is 484 g/mol. The molecule has 6 nitrogen and oxygen atoms in total. The van der Waals surface area contributed by atoms with Gasteiger partial charge in [0, 0.05) is 28.7 Å². The zero-order valence-electron chi connectivity index (χ0n) is 21.3. The second kappa shape index (κ2) is 10.3. The zero-order chi connectivity index (χ0) is 26.0. The zero-order valence-corrected chi connectivity index (χ0v) is 21.3. The number of carbonyl (C=O) groups excluding carboxylic acids is 1. The van der Waals surface area contributed by atoms with E-state index in [1.807, 2.05) is 75.4 Å². The average molecular weight is 485 g/mol. The number of benzene rings is 3. The van der Waals surface area contributed by atoms with Gasteiger partial charge in [-0.1, -0.05) is 24.3 Å². The summed E-state index contributed by atoms with van der Waals surface area (Å²) < 4.78 is 7.90. The third kappa shape index (κ3) is 5.28. The van der Waals surface area contributed by atoms with Gasteiger partial charge in [0.2, 0.25) is 0 Å². The number of nitrogens with zero attached hydrogens (tertiary/aromatic N) is 1. The Balaban J connectivity index is 1.53. The highest BCUT2D eigenvalue weighted by Gasteiger charge is 2.16. The molecule has 0 saturated carbocycles. The van der Waals surface area contributed by atoms with E-state index >= 15 is 0 Å². The van der Waals surface area contributed by atoms with E-state index < -0.39 is 5.97 Å². The number of ether oxygens (including phenoxy) is 1. The van der Waals surface area contributed by atoms with E-state index in [1.54, 1.807) is 12.1 Å². The Bertz CT molecular complexity index is 1400. The van der Waals surface area contributed by atoms with Crippen LogP contribution in [0.3, 0.4) is 0 Å². The summed E-state index contributed by atoms with van der Waals surface area (Å²) in [7, 11) is 0. The van der Waals surface area contributed by atoms with Crippen molar-refractivity contribution in [2.75, 3.05) is 0 Å². The fraction of sp³-hybridized carbons (Fsp3) is 0.267. The number of carboxylic acids is 1. The molecule has 0 spiro atoms. The van der Waals surface area contributed by atoms with Gasteiger partial charge in [-0.05, 0) is 93.8 Å². The lowest BCUT2D eigenvalue weighted by Gasteiger charge is -2.16. The SMILES string of the molecule is Cc1c(C)n(Cc2ccc(C(=O)O)cc2)c2ccc(C(=O)NC(C)c3ccc(OC(C)C)cc3)cc12. The van der Waals surface area contributed by atoms with Crippen molar-refractivity contribution >= 4 is 22.8 Å². The Kier molecular flexibility index (Phi) is 7.15. The highest BCUT2D eigenvalue weighted by Crippen LogP contribution is 2.28. The molecule has 0 bridgehead atoms. The molecule has 0 aliphatic rings. The maximum atomic E-state index is 13.1. The van der Waals surface area contributed by atoms with Gasteiger partial charge in [0.15, 0.2) is 0 Å². The minimum atomic E-state index is -0.933.